The molecule has 0 N–H and O–H groups in total. The molecule has 1 heterocycles. The highest BCUT2D eigenvalue weighted by molar-refractivity contribution is 6.11. The second-order valence-electron chi connectivity index (χ2n) is 14.9. The van der Waals surface area contributed by atoms with Crippen LogP contribution in [0.25, 0.3) is 49.7 Å². The lowest BCUT2D eigenvalue weighted by Crippen LogP contribution is -2.09. The first-order valence-corrected chi connectivity index (χ1v) is 20.2. The van der Waals surface area contributed by atoms with Gasteiger partial charge in [0.15, 0.2) is 0 Å². The summed E-state index contributed by atoms with van der Waals surface area (Å²) in [5, 5.41) is 21.9. The van der Waals surface area contributed by atoms with Gasteiger partial charge in [-0.1, -0.05) is 109 Å². The fraction of sp³-hybridized carbons (Fsp3) is 0. The minimum Gasteiger partial charge on any atom is -0.311 e. The van der Waals surface area contributed by atoms with Crippen LogP contribution in [0.1, 0.15) is 11.1 Å². The van der Waals surface area contributed by atoms with Gasteiger partial charge in [0.25, 0.3) is 0 Å². The molecule has 286 valence electrons. The van der Waals surface area contributed by atoms with E-state index in [1.807, 2.05) is 36.4 Å². The van der Waals surface area contributed by atoms with Crippen molar-refractivity contribution in [1.82, 2.24) is 4.57 Å². The number of rotatable bonds is 9. The number of anilines is 6. The van der Waals surface area contributed by atoms with E-state index in [0.29, 0.717) is 11.1 Å². The average Bonchev–Trinajstić information content (AvgIpc) is 3.66. The van der Waals surface area contributed by atoms with Crippen molar-refractivity contribution >= 4 is 55.9 Å². The summed E-state index contributed by atoms with van der Waals surface area (Å²) in [6, 6.07) is 82.3. The van der Waals surface area contributed by atoms with E-state index in [1.54, 1.807) is 6.07 Å². The Balaban J connectivity index is 1.08. The van der Waals surface area contributed by atoms with Gasteiger partial charge >= 0.3 is 0 Å². The van der Waals surface area contributed by atoms with Gasteiger partial charge in [0, 0.05) is 50.6 Å². The standard InChI is InChI=1S/C56H37N5/c57-38-44-25-32-52(35-45(44)39-58)61-55-33-26-42(40-21-28-50(29-22-40)59(46-13-5-1-6-14-46)47-15-7-2-8-16-47)36-53(55)54-37-43(27-34-56(54)61)41-23-30-51(31-24-41)60(48-17-9-3-10-18-48)49-19-11-4-12-20-49/h1-37H. The molecule has 0 fully saturated rings. The number of hydrogen-bond acceptors (Lipinski definition) is 4. The van der Waals surface area contributed by atoms with Crippen LogP contribution in [0.15, 0.2) is 224 Å². The molecular formula is C56H37N5. The molecule has 0 aliphatic carbocycles. The van der Waals surface area contributed by atoms with E-state index in [9.17, 15) is 10.5 Å². The van der Waals surface area contributed by atoms with Gasteiger partial charge < -0.3 is 14.4 Å². The molecule has 9 aromatic carbocycles. The van der Waals surface area contributed by atoms with Gasteiger partial charge in [-0.3, -0.25) is 0 Å². The zero-order valence-electron chi connectivity index (χ0n) is 33.1. The quantitative estimate of drug-likeness (QED) is 0.146. The number of hydrogen-bond donors (Lipinski definition) is 0. The molecule has 10 aromatic rings. The van der Waals surface area contributed by atoms with Crippen LogP contribution in [0.2, 0.25) is 0 Å². The lowest BCUT2D eigenvalue weighted by molar-refractivity contribution is 1.17. The van der Waals surface area contributed by atoms with E-state index in [2.05, 4.69) is 208 Å². The number of fused-ring (bicyclic) bond motifs is 3. The number of para-hydroxylation sites is 4. The van der Waals surface area contributed by atoms with Crippen molar-refractivity contribution in [3.05, 3.63) is 236 Å². The number of aromatic nitrogens is 1. The van der Waals surface area contributed by atoms with E-state index in [0.717, 1.165) is 83.9 Å². The van der Waals surface area contributed by atoms with Crippen molar-refractivity contribution in [2.45, 2.75) is 0 Å². The molecule has 0 unspecified atom stereocenters. The van der Waals surface area contributed by atoms with Crippen LogP contribution in [0, 0.1) is 22.7 Å². The highest BCUT2D eigenvalue weighted by atomic mass is 15.1. The second kappa shape index (κ2) is 16.0. The van der Waals surface area contributed by atoms with Crippen molar-refractivity contribution in [2.75, 3.05) is 9.80 Å². The predicted octanol–water partition coefficient (Wildman–Crippen LogP) is 14.8. The summed E-state index contributed by atoms with van der Waals surface area (Å²) in [6.45, 7) is 0. The number of benzene rings is 9. The zero-order chi connectivity index (χ0) is 41.1. The van der Waals surface area contributed by atoms with Crippen molar-refractivity contribution < 1.29 is 0 Å². The molecule has 61 heavy (non-hydrogen) atoms. The minimum atomic E-state index is 0.350. The first kappa shape index (κ1) is 36.7. The Kier molecular flexibility index (Phi) is 9.59. The summed E-state index contributed by atoms with van der Waals surface area (Å²) in [4.78, 5) is 4.53. The van der Waals surface area contributed by atoms with Crippen LogP contribution in [-0.2, 0) is 0 Å². The molecule has 0 bridgehead atoms. The number of nitrogens with zero attached hydrogens (tertiary/aromatic N) is 5. The zero-order valence-corrected chi connectivity index (χ0v) is 33.1. The highest BCUT2D eigenvalue weighted by Crippen LogP contribution is 2.40. The van der Waals surface area contributed by atoms with Crippen molar-refractivity contribution in [3.63, 3.8) is 0 Å². The van der Waals surface area contributed by atoms with Gasteiger partial charge in [-0.25, -0.2) is 0 Å². The van der Waals surface area contributed by atoms with Gasteiger partial charge in [-0.05, 0) is 138 Å². The van der Waals surface area contributed by atoms with E-state index < -0.39 is 0 Å². The first-order valence-electron chi connectivity index (χ1n) is 20.2. The molecule has 0 aliphatic heterocycles. The molecule has 1 aromatic heterocycles. The monoisotopic (exact) mass is 779 g/mol. The van der Waals surface area contributed by atoms with E-state index >= 15 is 0 Å². The van der Waals surface area contributed by atoms with Crippen LogP contribution in [0.5, 0.6) is 0 Å². The fourth-order valence-corrected chi connectivity index (χ4v) is 8.33. The SMILES string of the molecule is N#Cc1ccc(-n2c3ccc(-c4ccc(N(c5ccccc5)c5ccccc5)cc4)cc3c3cc(-c4ccc(N(c5ccccc5)c5ccccc5)cc4)ccc32)cc1C#N. The molecule has 0 radical (unpaired) electrons. The third-order valence-corrected chi connectivity index (χ3v) is 11.2. The maximum atomic E-state index is 9.97. The number of nitriles is 2. The minimum absolute atomic E-state index is 0.350. The Labute approximate surface area is 355 Å². The lowest BCUT2D eigenvalue weighted by atomic mass is 9.99. The van der Waals surface area contributed by atoms with Crippen molar-refractivity contribution in [3.8, 4) is 40.1 Å². The maximum absolute atomic E-state index is 9.97. The second-order valence-corrected chi connectivity index (χ2v) is 14.9. The normalized spacial score (nSPS) is 10.9. The molecule has 5 heteroatoms. The Bertz CT molecular complexity index is 2970. The van der Waals surface area contributed by atoms with Gasteiger partial charge in [0.2, 0.25) is 0 Å². The molecule has 10 rings (SSSR count). The molecule has 0 saturated heterocycles. The lowest BCUT2D eigenvalue weighted by Gasteiger charge is -2.25. The highest BCUT2D eigenvalue weighted by Gasteiger charge is 2.18. The Morgan fingerprint density at radius 3 is 1.02 bits per heavy atom. The third kappa shape index (κ3) is 6.93. The summed E-state index contributed by atoms with van der Waals surface area (Å²) in [6.07, 6.45) is 0. The maximum Gasteiger partial charge on any atom is 0.101 e. The van der Waals surface area contributed by atoms with Crippen LogP contribution >= 0.6 is 0 Å². The summed E-state index contributed by atoms with van der Waals surface area (Å²) < 4.78 is 2.20. The smallest absolute Gasteiger partial charge is 0.101 e. The molecule has 0 saturated carbocycles. The Morgan fingerprint density at radius 1 is 0.311 bits per heavy atom. The average molecular weight is 780 g/mol. The van der Waals surface area contributed by atoms with Gasteiger partial charge in [0.1, 0.15) is 12.1 Å². The summed E-state index contributed by atoms with van der Waals surface area (Å²) in [7, 11) is 0. The molecule has 0 aliphatic rings. The van der Waals surface area contributed by atoms with Gasteiger partial charge in [-0.15, -0.1) is 0 Å². The van der Waals surface area contributed by atoms with Crippen LogP contribution in [0.4, 0.5) is 34.1 Å². The fourth-order valence-electron chi connectivity index (χ4n) is 8.33. The van der Waals surface area contributed by atoms with Crippen molar-refractivity contribution in [1.29, 1.82) is 10.5 Å². The molecule has 5 nitrogen and oxygen atoms in total. The van der Waals surface area contributed by atoms with Gasteiger partial charge in [0.05, 0.1) is 22.2 Å². The molecular weight excluding hydrogens is 743 g/mol. The third-order valence-electron chi connectivity index (χ3n) is 11.2. The summed E-state index contributed by atoms with van der Waals surface area (Å²) in [5.41, 5.74) is 14.5. The summed E-state index contributed by atoms with van der Waals surface area (Å²) >= 11 is 0. The van der Waals surface area contributed by atoms with Crippen LogP contribution in [0.3, 0.4) is 0 Å². The summed E-state index contributed by atoms with van der Waals surface area (Å²) in [5.74, 6) is 0. The predicted molar refractivity (Wildman–Crippen MR) is 250 cm³/mol. The Morgan fingerprint density at radius 2 is 0.656 bits per heavy atom. The topological polar surface area (TPSA) is 59.0 Å². The van der Waals surface area contributed by atoms with E-state index in [1.165, 1.54) is 0 Å². The van der Waals surface area contributed by atoms with E-state index in [-0.39, 0.29) is 0 Å². The van der Waals surface area contributed by atoms with Crippen LogP contribution in [-0.4, -0.2) is 4.57 Å². The molecule has 0 amide bonds. The van der Waals surface area contributed by atoms with E-state index in [4.69, 9.17) is 0 Å². The Hall–Kier alpha value is -8.64. The first-order chi connectivity index (χ1) is 30.2. The largest absolute Gasteiger partial charge is 0.311 e. The van der Waals surface area contributed by atoms with Gasteiger partial charge in [-0.2, -0.15) is 10.5 Å². The van der Waals surface area contributed by atoms with Crippen LogP contribution < -0.4 is 9.80 Å². The molecule has 0 spiro atoms. The van der Waals surface area contributed by atoms with Crippen molar-refractivity contribution in [2.24, 2.45) is 0 Å². The molecule has 0 atom stereocenters.